The third-order valence-electron chi connectivity index (χ3n) is 2.96. The summed E-state index contributed by atoms with van der Waals surface area (Å²) in [6.45, 7) is 1.76. The number of rotatable bonds is 7. The lowest BCUT2D eigenvalue weighted by Crippen LogP contribution is -2.45. The molecule has 1 heterocycles. The zero-order valence-electron chi connectivity index (χ0n) is 10.5. The Morgan fingerprint density at radius 2 is 2.24 bits per heavy atom. The van der Waals surface area contributed by atoms with Gasteiger partial charge in [-0.1, -0.05) is 0 Å². The lowest BCUT2D eigenvalue weighted by atomic mass is 10.0. The molecule has 0 aromatic rings. The molecule has 1 aliphatic heterocycles. The summed E-state index contributed by atoms with van der Waals surface area (Å²) in [5.74, 6) is 0.0564. The molecule has 1 unspecified atom stereocenters. The molecule has 1 saturated heterocycles. The highest BCUT2D eigenvalue weighted by Crippen LogP contribution is 2.17. The summed E-state index contributed by atoms with van der Waals surface area (Å²) in [5.41, 5.74) is -0.928. The topological polar surface area (TPSA) is 78.9 Å². The largest absolute Gasteiger partial charge is 0.387 e. The minimum atomic E-state index is -3.29. The molecule has 7 heteroatoms. The van der Waals surface area contributed by atoms with Gasteiger partial charge in [0.2, 0.25) is 10.0 Å². The van der Waals surface area contributed by atoms with Gasteiger partial charge < -0.3 is 15.2 Å². The van der Waals surface area contributed by atoms with Gasteiger partial charge >= 0.3 is 0 Å². The summed E-state index contributed by atoms with van der Waals surface area (Å²) >= 11 is 0. The molecule has 0 amide bonds. The average Bonchev–Trinajstić information content (AvgIpc) is 2.65. The summed E-state index contributed by atoms with van der Waals surface area (Å²) < 4.78 is 29.8. The van der Waals surface area contributed by atoms with Crippen LogP contribution >= 0.6 is 0 Å². The number of likely N-dealkylation sites (N-methyl/N-ethyl adjacent to an activating group) is 1. The molecule has 0 radical (unpaired) electrons. The van der Waals surface area contributed by atoms with Crippen LogP contribution in [0.1, 0.15) is 12.8 Å². The zero-order chi connectivity index (χ0) is 12.9. The van der Waals surface area contributed by atoms with E-state index in [0.717, 1.165) is 6.54 Å². The van der Waals surface area contributed by atoms with Crippen LogP contribution in [0, 0.1) is 0 Å². The van der Waals surface area contributed by atoms with Crippen molar-refractivity contribution in [2.75, 3.05) is 46.2 Å². The van der Waals surface area contributed by atoms with Crippen LogP contribution < -0.4 is 5.32 Å². The third-order valence-corrected chi connectivity index (χ3v) is 4.85. The maximum atomic E-state index is 11.9. The van der Waals surface area contributed by atoms with E-state index in [0.29, 0.717) is 26.0 Å². The average molecular weight is 266 g/mol. The molecule has 17 heavy (non-hydrogen) atoms. The Kier molecular flexibility index (Phi) is 5.33. The molecular formula is C10H22N2O4S. The van der Waals surface area contributed by atoms with E-state index in [-0.39, 0.29) is 12.3 Å². The molecule has 1 fully saturated rings. The minimum Gasteiger partial charge on any atom is -0.387 e. The molecule has 1 rings (SSSR count). The van der Waals surface area contributed by atoms with E-state index in [1.54, 1.807) is 7.11 Å². The monoisotopic (exact) mass is 266 g/mol. The molecule has 1 atom stereocenters. The van der Waals surface area contributed by atoms with Gasteiger partial charge in [-0.15, -0.1) is 0 Å². The van der Waals surface area contributed by atoms with Gasteiger partial charge in [0.05, 0.1) is 11.4 Å². The fourth-order valence-corrected chi connectivity index (χ4v) is 3.15. The van der Waals surface area contributed by atoms with Crippen molar-refractivity contribution in [3.63, 3.8) is 0 Å². The number of nitrogens with one attached hydrogen (secondary N) is 1. The number of hydrogen-bond donors (Lipinski definition) is 2. The van der Waals surface area contributed by atoms with E-state index in [4.69, 9.17) is 4.74 Å². The third kappa shape index (κ3) is 4.51. The second-order valence-corrected chi connectivity index (χ2v) is 6.76. The Bertz CT molecular complexity index is 325. The Morgan fingerprint density at radius 3 is 2.76 bits per heavy atom. The second-order valence-electron chi connectivity index (χ2n) is 4.57. The van der Waals surface area contributed by atoms with Crippen LogP contribution in [-0.4, -0.2) is 69.6 Å². The standard InChI is InChI=1S/C10H22N2O4S/c1-12(9-10(13)4-5-11-8-10)17(14,15)7-3-6-16-2/h11,13H,3-9H2,1-2H3. The van der Waals surface area contributed by atoms with E-state index in [1.165, 1.54) is 11.4 Å². The smallest absolute Gasteiger partial charge is 0.214 e. The van der Waals surface area contributed by atoms with E-state index < -0.39 is 15.6 Å². The Balaban J connectivity index is 2.47. The van der Waals surface area contributed by atoms with Crippen LogP contribution in [-0.2, 0) is 14.8 Å². The van der Waals surface area contributed by atoms with Crippen molar-refractivity contribution >= 4 is 10.0 Å². The fourth-order valence-electron chi connectivity index (χ4n) is 1.92. The highest BCUT2D eigenvalue weighted by molar-refractivity contribution is 7.89. The molecule has 102 valence electrons. The molecule has 0 bridgehead atoms. The van der Waals surface area contributed by atoms with Crippen molar-refractivity contribution in [1.29, 1.82) is 0 Å². The molecule has 0 aliphatic carbocycles. The van der Waals surface area contributed by atoms with Crippen LogP contribution in [0.4, 0.5) is 0 Å². The number of methoxy groups -OCH3 is 1. The number of hydrogen-bond acceptors (Lipinski definition) is 5. The van der Waals surface area contributed by atoms with Crippen LogP contribution in [0.5, 0.6) is 0 Å². The van der Waals surface area contributed by atoms with Crippen molar-refractivity contribution in [2.45, 2.75) is 18.4 Å². The van der Waals surface area contributed by atoms with Crippen LogP contribution in [0.2, 0.25) is 0 Å². The molecule has 1 aliphatic rings. The summed E-state index contributed by atoms with van der Waals surface area (Å²) in [7, 11) is -0.235. The molecular weight excluding hydrogens is 244 g/mol. The molecule has 0 aromatic heterocycles. The van der Waals surface area contributed by atoms with E-state index in [1.807, 2.05) is 0 Å². The quantitative estimate of drug-likeness (QED) is 0.578. The first-order valence-corrected chi connectivity index (χ1v) is 7.37. The summed E-state index contributed by atoms with van der Waals surface area (Å²) in [5, 5.41) is 13.1. The van der Waals surface area contributed by atoms with Gasteiger partial charge in [-0.25, -0.2) is 12.7 Å². The van der Waals surface area contributed by atoms with Gasteiger partial charge in [0.25, 0.3) is 0 Å². The fraction of sp³-hybridized carbons (Fsp3) is 1.00. The van der Waals surface area contributed by atoms with Crippen molar-refractivity contribution in [3.8, 4) is 0 Å². The predicted octanol–water partition coefficient (Wildman–Crippen LogP) is -0.991. The number of aliphatic hydroxyl groups is 1. The van der Waals surface area contributed by atoms with Crippen molar-refractivity contribution in [1.82, 2.24) is 9.62 Å². The van der Waals surface area contributed by atoms with E-state index >= 15 is 0 Å². The summed E-state index contributed by atoms with van der Waals surface area (Å²) in [6.07, 6.45) is 1.06. The Labute approximate surface area is 103 Å². The van der Waals surface area contributed by atoms with Gasteiger partial charge in [-0.2, -0.15) is 0 Å². The van der Waals surface area contributed by atoms with E-state index in [9.17, 15) is 13.5 Å². The van der Waals surface area contributed by atoms with Crippen LogP contribution in [0.15, 0.2) is 0 Å². The molecule has 2 N–H and O–H groups in total. The zero-order valence-corrected chi connectivity index (χ0v) is 11.3. The van der Waals surface area contributed by atoms with Crippen molar-refractivity contribution < 1.29 is 18.3 Å². The highest BCUT2D eigenvalue weighted by Gasteiger charge is 2.35. The Hall–Kier alpha value is -0.210. The number of β-amino-alcohol motifs (C(OH)–C–C–N with tert-alkyl or cyclic N) is 1. The van der Waals surface area contributed by atoms with Gasteiger partial charge in [-0.3, -0.25) is 0 Å². The number of sulfonamides is 1. The number of nitrogens with zero attached hydrogens (tertiary/aromatic N) is 1. The summed E-state index contributed by atoms with van der Waals surface area (Å²) in [6, 6.07) is 0. The van der Waals surface area contributed by atoms with Crippen LogP contribution in [0.3, 0.4) is 0 Å². The van der Waals surface area contributed by atoms with Crippen molar-refractivity contribution in [2.24, 2.45) is 0 Å². The normalized spacial score (nSPS) is 25.6. The maximum absolute atomic E-state index is 11.9. The lowest BCUT2D eigenvalue weighted by molar-refractivity contribution is 0.0462. The van der Waals surface area contributed by atoms with E-state index in [2.05, 4.69) is 5.32 Å². The van der Waals surface area contributed by atoms with Crippen LogP contribution in [0.25, 0.3) is 0 Å². The SMILES string of the molecule is COCCCS(=O)(=O)N(C)CC1(O)CCNC1. The molecule has 0 aromatic carbocycles. The van der Waals surface area contributed by atoms with Gasteiger partial charge in [-0.05, 0) is 19.4 Å². The molecule has 0 spiro atoms. The number of ether oxygens (including phenoxy) is 1. The minimum absolute atomic E-state index is 0.0564. The highest BCUT2D eigenvalue weighted by atomic mass is 32.2. The predicted molar refractivity (Wildman–Crippen MR) is 65.3 cm³/mol. The lowest BCUT2D eigenvalue weighted by Gasteiger charge is -2.27. The van der Waals surface area contributed by atoms with Crippen molar-refractivity contribution in [3.05, 3.63) is 0 Å². The Morgan fingerprint density at radius 1 is 1.53 bits per heavy atom. The first kappa shape index (κ1) is 14.8. The summed E-state index contributed by atoms with van der Waals surface area (Å²) in [4.78, 5) is 0. The second kappa shape index (κ2) is 6.10. The maximum Gasteiger partial charge on any atom is 0.214 e. The van der Waals surface area contributed by atoms with Gasteiger partial charge in [0, 0.05) is 33.9 Å². The molecule has 6 nitrogen and oxygen atoms in total. The first-order valence-electron chi connectivity index (χ1n) is 5.76. The first-order chi connectivity index (χ1) is 7.90. The van der Waals surface area contributed by atoms with Gasteiger partial charge in [0.15, 0.2) is 0 Å². The van der Waals surface area contributed by atoms with Gasteiger partial charge in [0.1, 0.15) is 0 Å². The molecule has 0 saturated carbocycles.